The molecule has 12 nitrogen and oxygen atoms in total. The molecule has 0 aliphatic carbocycles. The van der Waals surface area contributed by atoms with E-state index in [9.17, 15) is 14.7 Å². The highest BCUT2D eigenvalue weighted by Gasteiger charge is 2.36. The summed E-state index contributed by atoms with van der Waals surface area (Å²) >= 11 is 6.40. The summed E-state index contributed by atoms with van der Waals surface area (Å²) in [6.45, 7) is 6.17. The maximum Gasteiger partial charge on any atom is 0.278 e. The van der Waals surface area contributed by atoms with Crippen LogP contribution in [0.2, 0.25) is 0 Å². The number of hydrogen-bond acceptors (Lipinski definition) is 9. The lowest BCUT2D eigenvalue weighted by molar-refractivity contribution is 0.000164. The fraction of sp³-hybridized carbons (Fsp3) is 0.342. The van der Waals surface area contributed by atoms with E-state index in [0.29, 0.717) is 93.6 Å². The largest absolute Gasteiger partial charge is 0.507 e. The first-order chi connectivity index (χ1) is 24.9. The molecule has 13 heteroatoms. The lowest BCUT2D eigenvalue weighted by Gasteiger charge is -2.17. The molecule has 2 N–H and O–H groups in total. The first kappa shape index (κ1) is 36.1. The van der Waals surface area contributed by atoms with Gasteiger partial charge in [-0.2, -0.15) is 0 Å². The van der Waals surface area contributed by atoms with E-state index in [-0.39, 0.29) is 29.2 Å². The van der Waals surface area contributed by atoms with Crippen LogP contribution in [0.4, 0.5) is 11.4 Å². The number of amides is 2. The SMILES string of the molecule is COCCOCCOCCOCCOc1ccc(C(=O)Nc2ccc3nc(C(=O)N4C[C@@H](CCl)c5c4cc(O)c4cccc(C)c54)cn3c2)cc1. The second kappa shape index (κ2) is 17.0. The van der Waals surface area contributed by atoms with Gasteiger partial charge in [-0.3, -0.25) is 9.59 Å². The summed E-state index contributed by atoms with van der Waals surface area (Å²) in [7, 11) is 1.63. The number of ether oxygens (including phenoxy) is 5. The number of aromatic hydroxyl groups is 1. The van der Waals surface area contributed by atoms with Gasteiger partial charge in [-0.25, -0.2) is 4.98 Å². The van der Waals surface area contributed by atoms with Gasteiger partial charge in [0, 0.05) is 54.9 Å². The minimum Gasteiger partial charge on any atom is -0.507 e. The number of phenols is 1. The number of aromatic nitrogens is 2. The van der Waals surface area contributed by atoms with Crippen LogP contribution in [0.25, 0.3) is 16.4 Å². The number of alkyl halides is 1. The zero-order valence-corrected chi connectivity index (χ0v) is 29.4. The summed E-state index contributed by atoms with van der Waals surface area (Å²) in [4.78, 5) is 33.1. The Morgan fingerprint density at radius 3 is 2.33 bits per heavy atom. The van der Waals surface area contributed by atoms with Gasteiger partial charge in [0.2, 0.25) is 0 Å². The topological polar surface area (TPSA) is 133 Å². The van der Waals surface area contributed by atoms with Crippen LogP contribution in [0.1, 0.15) is 37.9 Å². The van der Waals surface area contributed by atoms with Gasteiger partial charge >= 0.3 is 0 Å². The predicted octanol–water partition coefficient (Wildman–Crippen LogP) is 5.81. The van der Waals surface area contributed by atoms with E-state index in [1.807, 2.05) is 25.1 Å². The van der Waals surface area contributed by atoms with Crippen molar-refractivity contribution in [1.82, 2.24) is 9.38 Å². The first-order valence-electron chi connectivity index (χ1n) is 16.8. The summed E-state index contributed by atoms with van der Waals surface area (Å²) in [5.74, 6) is 0.359. The van der Waals surface area contributed by atoms with Gasteiger partial charge in [-0.05, 0) is 59.8 Å². The molecule has 2 amide bonds. The number of fused-ring (bicyclic) bond motifs is 4. The van der Waals surface area contributed by atoms with Crippen molar-refractivity contribution in [3.63, 3.8) is 0 Å². The monoisotopic (exact) mass is 716 g/mol. The second-order valence-corrected chi connectivity index (χ2v) is 12.4. The number of rotatable bonds is 17. The number of hydrogen-bond donors (Lipinski definition) is 2. The van der Waals surface area contributed by atoms with Gasteiger partial charge in [0.15, 0.2) is 0 Å². The molecule has 3 heterocycles. The minimum absolute atomic E-state index is 0.0954. The Hall–Kier alpha value is -4.72. The lowest BCUT2D eigenvalue weighted by atomic mass is 9.92. The number of methoxy groups -OCH3 is 1. The van der Waals surface area contributed by atoms with Crippen molar-refractivity contribution in [2.24, 2.45) is 0 Å². The number of imidazole rings is 1. The number of nitrogens with one attached hydrogen (secondary N) is 1. The third kappa shape index (κ3) is 8.43. The second-order valence-electron chi connectivity index (χ2n) is 12.1. The summed E-state index contributed by atoms with van der Waals surface area (Å²) in [6, 6.07) is 17.7. The highest BCUT2D eigenvalue weighted by molar-refractivity contribution is 6.19. The molecule has 0 radical (unpaired) electrons. The lowest BCUT2D eigenvalue weighted by Crippen LogP contribution is -2.30. The van der Waals surface area contributed by atoms with E-state index < -0.39 is 0 Å². The normalized spacial score (nSPS) is 13.9. The van der Waals surface area contributed by atoms with E-state index >= 15 is 0 Å². The number of anilines is 2. The van der Waals surface area contributed by atoms with Crippen molar-refractivity contribution in [3.05, 3.63) is 95.4 Å². The molecule has 1 atom stereocenters. The molecule has 0 fully saturated rings. The van der Waals surface area contributed by atoms with E-state index in [2.05, 4.69) is 10.3 Å². The third-order valence-electron chi connectivity index (χ3n) is 8.62. The Morgan fingerprint density at radius 1 is 0.922 bits per heavy atom. The van der Waals surface area contributed by atoms with Crippen molar-refractivity contribution < 1.29 is 38.4 Å². The van der Waals surface area contributed by atoms with Gasteiger partial charge in [-0.15, -0.1) is 11.6 Å². The Labute approximate surface area is 300 Å². The van der Waals surface area contributed by atoms with Crippen LogP contribution in [-0.4, -0.2) is 98.7 Å². The minimum atomic E-state index is -0.302. The molecule has 5 aromatic rings. The van der Waals surface area contributed by atoms with E-state index in [1.54, 1.807) is 71.3 Å². The zero-order chi connectivity index (χ0) is 35.7. The van der Waals surface area contributed by atoms with Gasteiger partial charge in [0.25, 0.3) is 11.8 Å². The number of halogens is 1. The number of pyridine rings is 1. The number of carbonyl (C=O) groups excluding carboxylic acids is 2. The number of benzene rings is 3. The highest BCUT2D eigenvalue weighted by atomic mass is 35.5. The number of phenolic OH excluding ortho intramolecular Hbond substituents is 1. The summed E-state index contributed by atoms with van der Waals surface area (Å²) in [6.07, 6.45) is 3.34. The summed E-state index contributed by atoms with van der Waals surface area (Å²) in [5, 5.41) is 15.4. The number of carbonyl (C=O) groups is 2. The first-order valence-corrected chi connectivity index (χ1v) is 17.3. The average Bonchev–Trinajstić information content (AvgIpc) is 3.73. The third-order valence-corrected chi connectivity index (χ3v) is 8.99. The van der Waals surface area contributed by atoms with Crippen LogP contribution in [0.3, 0.4) is 0 Å². The highest BCUT2D eigenvalue weighted by Crippen LogP contribution is 2.46. The maximum atomic E-state index is 13.9. The van der Waals surface area contributed by atoms with E-state index in [1.165, 1.54) is 0 Å². The Kier molecular flexibility index (Phi) is 12.0. The van der Waals surface area contributed by atoms with Crippen LogP contribution in [0.15, 0.2) is 73.1 Å². The molecule has 3 aromatic carbocycles. The molecule has 0 spiro atoms. The molecule has 268 valence electrons. The zero-order valence-electron chi connectivity index (χ0n) is 28.6. The van der Waals surface area contributed by atoms with Crippen molar-refractivity contribution >= 4 is 51.2 Å². The molecule has 6 rings (SSSR count). The van der Waals surface area contributed by atoms with Crippen LogP contribution in [-0.2, 0) is 18.9 Å². The predicted molar refractivity (Wildman–Crippen MR) is 195 cm³/mol. The Morgan fingerprint density at radius 2 is 1.63 bits per heavy atom. The van der Waals surface area contributed by atoms with Crippen molar-refractivity contribution in [2.75, 3.05) is 82.6 Å². The van der Waals surface area contributed by atoms with E-state index in [4.69, 9.17) is 35.3 Å². The van der Waals surface area contributed by atoms with Crippen LogP contribution in [0, 0.1) is 6.92 Å². The number of aryl methyl sites for hydroxylation is 1. The molecule has 0 saturated heterocycles. The quantitative estimate of drug-likeness (QED) is 0.0904. The molecule has 1 aliphatic heterocycles. The molecule has 0 unspecified atom stereocenters. The molecule has 2 aromatic heterocycles. The van der Waals surface area contributed by atoms with Gasteiger partial charge in [0.1, 0.15) is 29.4 Å². The van der Waals surface area contributed by atoms with Crippen molar-refractivity contribution in [2.45, 2.75) is 12.8 Å². The maximum absolute atomic E-state index is 13.9. The summed E-state index contributed by atoms with van der Waals surface area (Å²) in [5.41, 5.74) is 4.37. The Bertz CT molecular complexity index is 1980. The Balaban J connectivity index is 1.02. The molecule has 0 bridgehead atoms. The fourth-order valence-corrected chi connectivity index (χ4v) is 6.38. The van der Waals surface area contributed by atoms with Gasteiger partial charge < -0.3 is 43.4 Å². The molecular weight excluding hydrogens is 676 g/mol. The smallest absolute Gasteiger partial charge is 0.278 e. The fourth-order valence-electron chi connectivity index (χ4n) is 6.13. The van der Waals surface area contributed by atoms with Crippen LogP contribution in [0.5, 0.6) is 11.5 Å². The van der Waals surface area contributed by atoms with Gasteiger partial charge in [0.05, 0.1) is 57.6 Å². The summed E-state index contributed by atoms with van der Waals surface area (Å²) < 4.78 is 28.6. The van der Waals surface area contributed by atoms with Crippen LogP contribution >= 0.6 is 11.6 Å². The van der Waals surface area contributed by atoms with Crippen molar-refractivity contribution in [1.29, 1.82) is 0 Å². The van der Waals surface area contributed by atoms with Gasteiger partial charge in [-0.1, -0.05) is 18.2 Å². The average molecular weight is 717 g/mol. The van der Waals surface area contributed by atoms with E-state index in [0.717, 1.165) is 21.9 Å². The molecular formula is C38H41ClN4O8. The van der Waals surface area contributed by atoms with Crippen LogP contribution < -0.4 is 15.0 Å². The standard InChI is InChI=1S/C38H41ClN4O8/c1-25-4-3-5-30-33(44)20-32-36(35(25)30)27(21-39)22-43(32)38(46)31-24-42-23-28(8-11-34(42)41-31)40-37(45)26-6-9-29(10-7-26)51-19-18-50-17-16-49-15-14-48-13-12-47-2/h3-11,20,23-24,27,44H,12-19,21-22H2,1-2H3,(H,40,45)/t27-/m1/s1. The molecule has 1 aliphatic rings. The number of nitrogens with zero attached hydrogens (tertiary/aromatic N) is 3. The molecule has 51 heavy (non-hydrogen) atoms. The van der Waals surface area contributed by atoms with Crippen molar-refractivity contribution in [3.8, 4) is 11.5 Å². The molecule has 0 saturated carbocycles.